The average molecular weight is 283 g/mol. The lowest BCUT2D eigenvalue weighted by Crippen LogP contribution is -1.96. The summed E-state index contributed by atoms with van der Waals surface area (Å²) >= 11 is 0. The molecule has 0 N–H and O–H groups in total. The molecule has 0 aliphatic rings. The number of benzene rings is 3. The Labute approximate surface area is 119 Å². The average Bonchev–Trinajstić information content (AvgIpc) is 2.47. The van der Waals surface area contributed by atoms with E-state index in [9.17, 15) is 14.5 Å². The normalized spacial score (nSPS) is 10.5. The van der Waals surface area contributed by atoms with E-state index in [0.717, 1.165) is 16.8 Å². The molecule has 4 nitrogen and oxygen atoms in total. The molecule has 0 spiro atoms. The highest BCUT2D eigenvalue weighted by Crippen LogP contribution is 2.36. The first-order valence-electron chi connectivity index (χ1n) is 6.25. The summed E-state index contributed by atoms with van der Waals surface area (Å²) < 4.78 is 19.2. The highest BCUT2D eigenvalue weighted by Gasteiger charge is 2.22. The van der Waals surface area contributed by atoms with Gasteiger partial charge in [0.15, 0.2) is 0 Å². The van der Waals surface area contributed by atoms with Crippen LogP contribution in [0.2, 0.25) is 0 Å². The summed E-state index contributed by atoms with van der Waals surface area (Å²) in [4.78, 5) is 10.2. The number of rotatable bonds is 3. The van der Waals surface area contributed by atoms with Crippen molar-refractivity contribution in [3.8, 4) is 11.5 Å². The molecule has 0 saturated carbocycles. The topological polar surface area (TPSA) is 52.4 Å². The first-order chi connectivity index (χ1) is 10.2. The predicted octanol–water partition coefficient (Wildman–Crippen LogP) is 4.68. The van der Waals surface area contributed by atoms with E-state index in [1.807, 2.05) is 30.3 Å². The zero-order valence-electron chi connectivity index (χ0n) is 10.8. The fraction of sp³-hybridized carbons (Fsp3) is 0. The van der Waals surface area contributed by atoms with Gasteiger partial charge in [0, 0.05) is 5.39 Å². The lowest BCUT2D eigenvalue weighted by Gasteiger charge is -2.09. The van der Waals surface area contributed by atoms with Crippen molar-refractivity contribution < 1.29 is 14.1 Å². The lowest BCUT2D eigenvalue weighted by molar-refractivity contribution is -0.388. The monoisotopic (exact) mass is 283 g/mol. The number of halogens is 1. The van der Waals surface area contributed by atoms with Crippen LogP contribution < -0.4 is 4.74 Å². The minimum absolute atomic E-state index is 0.114. The summed E-state index contributed by atoms with van der Waals surface area (Å²) in [5.74, 6) is -0.587. The molecular weight excluding hydrogens is 273 g/mol. The van der Waals surface area contributed by atoms with E-state index in [-0.39, 0.29) is 5.75 Å². The molecule has 0 bridgehead atoms. The van der Waals surface area contributed by atoms with Gasteiger partial charge in [-0.15, -0.1) is 0 Å². The van der Waals surface area contributed by atoms with Gasteiger partial charge in [-0.1, -0.05) is 42.5 Å². The van der Waals surface area contributed by atoms with E-state index in [4.69, 9.17) is 4.74 Å². The number of para-hydroxylation sites is 1. The Morgan fingerprint density at radius 3 is 2.38 bits per heavy atom. The first-order valence-corrected chi connectivity index (χ1v) is 6.25. The Hall–Kier alpha value is -2.95. The van der Waals surface area contributed by atoms with Gasteiger partial charge in [-0.25, -0.2) is 0 Å². The zero-order chi connectivity index (χ0) is 14.8. The van der Waals surface area contributed by atoms with Crippen molar-refractivity contribution in [1.82, 2.24) is 0 Å². The number of nitro groups is 1. The highest BCUT2D eigenvalue weighted by molar-refractivity contribution is 5.88. The van der Waals surface area contributed by atoms with Gasteiger partial charge >= 0.3 is 5.69 Å². The maximum Gasteiger partial charge on any atom is 0.346 e. The summed E-state index contributed by atoms with van der Waals surface area (Å²) in [5, 5.41) is 12.7. The van der Waals surface area contributed by atoms with Crippen LogP contribution in [0.4, 0.5) is 10.1 Å². The molecule has 3 rings (SSSR count). The number of fused-ring (bicyclic) bond motifs is 1. The largest absolute Gasteiger partial charge is 0.449 e. The third-order valence-electron chi connectivity index (χ3n) is 3.10. The van der Waals surface area contributed by atoms with Crippen LogP contribution in [0.1, 0.15) is 0 Å². The number of nitro benzene ring substituents is 1. The molecule has 0 fully saturated rings. The standard InChI is InChI=1S/C16H10FNO3/c17-13-8-4-10-15(16(13)18(19)20)21-14-9-3-6-11-5-1-2-7-12(11)14/h1-10H. The minimum atomic E-state index is -0.919. The summed E-state index contributed by atoms with van der Waals surface area (Å²) in [6.45, 7) is 0. The molecule has 0 heterocycles. The van der Waals surface area contributed by atoms with Crippen molar-refractivity contribution in [2.24, 2.45) is 0 Å². The Morgan fingerprint density at radius 1 is 0.905 bits per heavy atom. The molecule has 0 unspecified atom stereocenters. The Kier molecular flexibility index (Phi) is 3.23. The van der Waals surface area contributed by atoms with Crippen molar-refractivity contribution in [3.63, 3.8) is 0 Å². The molecular formula is C16H10FNO3. The fourth-order valence-electron chi connectivity index (χ4n) is 2.16. The van der Waals surface area contributed by atoms with Crippen LogP contribution in [0.15, 0.2) is 60.7 Å². The fourth-order valence-corrected chi connectivity index (χ4v) is 2.16. The van der Waals surface area contributed by atoms with Gasteiger partial charge in [-0.2, -0.15) is 4.39 Å². The summed E-state index contributed by atoms with van der Waals surface area (Å²) in [5.41, 5.74) is -0.662. The van der Waals surface area contributed by atoms with Crippen molar-refractivity contribution in [3.05, 3.63) is 76.6 Å². The summed E-state index contributed by atoms with van der Waals surface area (Å²) in [6, 6.07) is 16.6. The maximum atomic E-state index is 13.6. The molecule has 21 heavy (non-hydrogen) atoms. The third kappa shape index (κ3) is 2.41. The molecule has 5 heteroatoms. The molecule has 0 aromatic heterocycles. The van der Waals surface area contributed by atoms with Crippen LogP contribution >= 0.6 is 0 Å². The van der Waals surface area contributed by atoms with E-state index < -0.39 is 16.4 Å². The van der Waals surface area contributed by atoms with Crippen molar-refractivity contribution in [2.75, 3.05) is 0 Å². The van der Waals surface area contributed by atoms with Gasteiger partial charge in [0.25, 0.3) is 0 Å². The molecule has 3 aromatic carbocycles. The van der Waals surface area contributed by atoms with Gasteiger partial charge in [0.1, 0.15) is 5.75 Å². The van der Waals surface area contributed by atoms with Crippen LogP contribution in [-0.2, 0) is 0 Å². The zero-order valence-corrected chi connectivity index (χ0v) is 10.8. The van der Waals surface area contributed by atoms with Crippen LogP contribution in [0.25, 0.3) is 10.8 Å². The van der Waals surface area contributed by atoms with E-state index >= 15 is 0 Å². The van der Waals surface area contributed by atoms with E-state index in [1.165, 1.54) is 12.1 Å². The quantitative estimate of drug-likeness (QED) is 0.518. The van der Waals surface area contributed by atoms with E-state index in [2.05, 4.69) is 0 Å². The Morgan fingerprint density at radius 2 is 1.57 bits per heavy atom. The minimum Gasteiger partial charge on any atom is -0.449 e. The Bertz CT molecular complexity index is 827. The van der Waals surface area contributed by atoms with Crippen LogP contribution in [0.3, 0.4) is 0 Å². The van der Waals surface area contributed by atoms with E-state index in [0.29, 0.717) is 5.75 Å². The molecule has 0 radical (unpaired) electrons. The molecule has 104 valence electrons. The first kappa shape index (κ1) is 13.1. The third-order valence-corrected chi connectivity index (χ3v) is 3.10. The maximum absolute atomic E-state index is 13.6. The van der Waals surface area contributed by atoms with Gasteiger partial charge in [0.05, 0.1) is 4.92 Å². The van der Waals surface area contributed by atoms with Crippen molar-refractivity contribution in [2.45, 2.75) is 0 Å². The van der Waals surface area contributed by atoms with Gasteiger partial charge < -0.3 is 4.74 Å². The summed E-state index contributed by atoms with van der Waals surface area (Å²) in [6.07, 6.45) is 0. The molecule has 3 aromatic rings. The molecule has 0 saturated heterocycles. The van der Waals surface area contributed by atoms with Crippen molar-refractivity contribution >= 4 is 16.5 Å². The van der Waals surface area contributed by atoms with Crippen LogP contribution in [0.5, 0.6) is 11.5 Å². The van der Waals surface area contributed by atoms with Crippen LogP contribution in [0, 0.1) is 15.9 Å². The van der Waals surface area contributed by atoms with Gasteiger partial charge in [-0.3, -0.25) is 10.1 Å². The molecule has 0 aliphatic heterocycles. The van der Waals surface area contributed by atoms with Crippen LogP contribution in [-0.4, -0.2) is 4.92 Å². The second-order valence-electron chi connectivity index (χ2n) is 4.42. The second-order valence-corrected chi connectivity index (χ2v) is 4.42. The molecule has 0 aliphatic carbocycles. The predicted molar refractivity (Wildman–Crippen MR) is 77.1 cm³/mol. The highest BCUT2D eigenvalue weighted by atomic mass is 19.1. The van der Waals surface area contributed by atoms with Gasteiger partial charge in [-0.05, 0) is 23.6 Å². The van der Waals surface area contributed by atoms with Gasteiger partial charge in [0.2, 0.25) is 11.6 Å². The number of hydrogen-bond donors (Lipinski definition) is 0. The number of ether oxygens (including phenoxy) is 1. The number of nitrogens with zero attached hydrogens (tertiary/aromatic N) is 1. The molecule has 0 amide bonds. The summed E-state index contributed by atoms with van der Waals surface area (Å²) in [7, 11) is 0. The second kappa shape index (κ2) is 5.20. The smallest absolute Gasteiger partial charge is 0.346 e. The SMILES string of the molecule is O=[N+]([O-])c1c(F)cccc1Oc1cccc2ccccc12. The van der Waals surface area contributed by atoms with E-state index in [1.54, 1.807) is 12.1 Å². The Balaban J connectivity index is 2.12. The lowest BCUT2D eigenvalue weighted by atomic mass is 10.1. The molecule has 0 atom stereocenters. The number of hydrogen-bond acceptors (Lipinski definition) is 3. The van der Waals surface area contributed by atoms with Crippen molar-refractivity contribution in [1.29, 1.82) is 0 Å².